The molecule has 0 bridgehead atoms. The van der Waals surface area contributed by atoms with Crippen molar-refractivity contribution in [2.75, 3.05) is 12.4 Å². The van der Waals surface area contributed by atoms with Crippen LogP contribution in [-0.4, -0.2) is 26.9 Å². The minimum atomic E-state index is 0.383. The number of hydrogen-bond donors (Lipinski definition) is 1. The van der Waals surface area contributed by atoms with Gasteiger partial charge in [-0.05, 0) is 18.2 Å². The SMILES string of the molecule is COc1ncnc2c1c(Nc1ccccc1Oc1ccco1)nn2-c1ccoc1. The van der Waals surface area contributed by atoms with E-state index in [4.69, 9.17) is 18.3 Å². The van der Waals surface area contributed by atoms with E-state index in [-0.39, 0.29) is 0 Å². The number of aromatic nitrogens is 4. The van der Waals surface area contributed by atoms with Gasteiger partial charge in [-0.3, -0.25) is 0 Å². The molecule has 0 aliphatic rings. The van der Waals surface area contributed by atoms with Gasteiger partial charge >= 0.3 is 0 Å². The second-order valence-electron chi connectivity index (χ2n) is 5.98. The zero-order valence-electron chi connectivity index (χ0n) is 15.3. The molecule has 0 spiro atoms. The first-order valence-corrected chi connectivity index (χ1v) is 8.71. The number of benzene rings is 1. The van der Waals surface area contributed by atoms with Gasteiger partial charge in [-0.2, -0.15) is 0 Å². The Bertz CT molecular complexity index is 1250. The third kappa shape index (κ3) is 3.04. The predicted octanol–water partition coefficient (Wildman–Crippen LogP) is 4.55. The van der Waals surface area contributed by atoms with E-state index in [0.717, 1.165) is 5.69 Å². The number of para-hydroxylation sites is 2. The van der Waals surface area contributed by atoms with Crippen LogP contribution in [-0.2, 0) is 0 Å². The highest BCUT2D eigenvalue weighted by atomic mass is 16.6. The lowest BCUT2D eigenvalue weighted by Gasteiger charge is -2.10. The first-order chi connectivity index (χ1) is 14.3. The molecule has 9 nitrogen and oxygen atoms in total. The Kier molecular flexibility index (Phi) is 4.10. The zero-order valence-corrected chi connectivity index (χ0v) is 15.3. The molecule has 0 aliphatic heterocycles. The number of fused-ring (bicyclic) bond motifs is 1. The number of nitrogens with one attached hydrogen (secondary N) is 1. The van der Waals surface area contributed by atoms with Crippen molar-refractivity contribution in [1.82, 2.24) is 19.7 Å². The fourth-order valence-corrected chi connectivity index (χ4v) is 2.94. The molecule has 5 rings (SSSR count). The first kappa shape index (κ1) is 16.9. The normalized spacial score (nSPS) is 10.9. The summed E-state index contributed by atoms with van der Waals surface area (Å²) in [4.78, 5) is 8.58. The van der Waals surface area contributed by atoms with E-state index >= 15 is 0 Å². The van der Waals surface area contributed by atoms with Gasteiger partial charge < -0.3 is 23.6 Å². The van der Waals surface area contributed by atoms with Crippen molar-refractivity contribution >= 4 is 22.5 Å². The van der Waals surface area contributed by atoms with E-state index in [9.17, 15) is 0 Å². The molecule has 4 heterocycles. The van der Waals surface area contributed by atoms with Crippen LogP contribution < -0.4 is 14.8 Å². The molecule has 4 aromatic heterocycles. The first-order valence-electron chi connectivity index (χ1n) is 8.71. The van der Waals surface area contributed by atoms with Crippen LogP contribution in [0.1, 0.15) is 0 Å². The van der Waals surface area contributed by atoms with Crippen molar-refractivity contribution in [3.05, 3.63) is 67.6 Å². The summed E-state index contributed by atoms with van der Waals surface area (Å²) in [6, 6.07) is 12.7. The molecular weight excluding hydrogens is 374 g/mol. The Balaban J connectivity index is 1.61. The molecule has 1 N–H and O–H groups in total. The average molecular weight is 389 g/mol. The number of rotatable bonds is 6. The number of ether oxygens (including phenoxy) is 2. The van der Waals surface area contributed by atoms with Crippen LogP contribution in [0.5, 0.6) is 17.6 Å². The largest absolute Gasteiger partial charge is 0.480 e. The second kappa shape index (κ2) is 7.04. The van der Waals surface area contributed by atoms with Crippen LogP contribution in [0.3, 0.4) is 0 Å². The lowest BCUT2D eigenvalue weighted by molar-refractivity contribution is 0.348. The summed E-state index contributed by atoms with van der Waals surface area (Å²) in [7, 11) is 1.55. The molecular formula is C20H15N5O4. The fourth-order valence-electron chi connectivity index (χ4n) is 2.94. The highest BCUT2D eigenvalue weighted by Gasteiger charge is 2.20. The minimum absolute atomic E-state index is 0.383. The third-order valence-corrected chi connectivity index (χ3v) is 4.22. The summed E-state index contributed by atoms with van der Waals surface area (Å²) >= 11 is 0. The van der Waals surface area contributed by atoms with Crippen LogP contribution >= 0.6 is 0 Å². The van der Waals surface area contributed by atoms with Crippen LogP contribution in [0.15, 0.2) is 76.4 Å². The van der Waals surface area contributed by atoms with E-state index in [2.05, 4.69) is 20.4 Å². The number of hydrogen-bond acceptors (Lipinski definition) is 8. The molecule has 9 heteroatoms. The molecule has 0 radical (unpaired) electrons. The smallest absolute Gasteiger partial charge is 0.289 e. The standard InChI is InChI=1S/C20H15N5O4/c1-26-20-17-18(24-25(13-8-10-27-11-13)19(17)21-12-22-20)23-14-5-2-3-6-15(14)29-16-7-4-9-28-16/h2-12H,1H3,(H,23,24). The molecule has 0 aliphatic carbocycles. The number of nitrogens with zero attached hydrogens (tertiary/aromatic N) is 4. The van der Waals surface area contributed by atoms with Gasteiger partial charge in [0.2, 0.25) is 5.88 Å². The molecule has 0 unspecified atom stereocenters. The maximum atomic E-state index is 5.83. The van der Waals surface area contributed by atoms with Gasteiger partial charge in [-0.1, -0.05) is 12.1 Å². The second-order valence-corrected chi connectivity index (χ2v) is 5.98. The average Bonchev–Trinajstić information content (AvgIpc) is 3.50. The zero-order chi connectivity index (χ0) is 19.6. The van der Waals surface area contributed by atoms with E-state index in [1.165, 1.54) is 6.33 Å². The molecule has 5 aromatic rings. The van der Waals surface area contributed by atoms with E-state index < -0.39 is 0 Å². The van der Waals surface area contributed by atoms with Gasteiger partial charge in [0.05, 0.1) is 25.3 Å². The number of anilines is 2. The molecule has 29 heavy (non-hydrogen) atoms. The third-order valence-electron chi connectivity index (χ3n) is 4.22. The Labute approximate surface area is 164 Å². The Morgan fingerprint density at radius 3 is 2.76 bits per heavy atom. The summed E-state index contributed by atoms with van der Waals surface area (Å²) < 4.78 is 23.4. The van der Waals surface area contributed by atoms with Crippen molar-refractivity contribution < 1.29 is 18.3 Å². The van der Waals surface area contributed by atoms with Crippen molar-refractivity contribution in [2.45, 2.75) is 0 Å². The van der Waals surface area contributed by atoms with Gasteiger partial charge in [0, 0.05) is 12.1 Å². The highest BCUT2D eigenvalue weighted by Crippen LogP contribution is 2.36. The fraction of sp³-hybridized carbons (Fsp3) is 0.0500. The molecule has 0 saturated heterocycles. The van der Waals surface area contributed by atoms with Crippen LogP contribution in [0, 0.1) is 0 Å². The Morgan fingerprint density at radius 2 is 1.97 bits per heavy atom. The van der Waals surface area contributed by atoms with Gasteiger partial charge in [-0.15, -0.1) is 5.10 Å². The summed E-state index contributed by atoms with van der Waals surface area (Å²) in [5.74, 6) is 1.86. The van der Waals surface area contributed by atoms with Crippen LogP contribution in [0.2, 0.25) is 0 Å². The number of furan rings is 2. The molecule has 0 fully saturated rings. The topological polar surface area (TPSA) is 100 Å². The summed E-state index contributed by atoms with van der Waals surface area (Å²) in [6.07, 6.45) is 6.13. The van der Waals surface area contributed by atoms with E-state index in [1.54, 1.807) is 48.8 Å². The van der Waals surface area contributed by atoms with Crippen LogP contribution in [0.25, 0.3) is 16.7 Å². The monoisotopic (exact) mass is 389 g/mol. The lowest BCUT2D eigenvalue weighted by Crippen LogP contribution is -1.98. The van der Waals surface area contributed by atoms with Gasteiger partial charge in [-0.25, -0.2) is 14.6 Å². The van der Waals surface area contributed by atoms with Crippen molar-refractivity contribution in [3.8, 4) is 23.3 Å². The summed E-state index contributed by atoms with van der Waals surface area (Å²) in [5, 5.41) is 8.58. The predicted molar refractivity (Wildman–Crippen MR) is 104 cm³/mol. The van der Waals surface area contributed by atoms with Gasteiger partial charge in [0.25, 0.3) is 5.95 Å². The maximum absolute atomic E-state index is 5.83. The highest BCUT2D eigenvalue weighted by molar-refractivity contribution is 5.94. The molecule has 0 saturated carbocycles. The van der Waals surface area contributed by atoms with Gasteiger partial charge in [0.1, 0.15) is 23.7 Å². The van der Waals surface area contributed by atoms with E-state index in [1.807, 2.05) is 24.3 Å². The molecule has 144 valence electrons. The summed E-state index contributed by atoms with van der Waals surface area (Å²) in [6.45, 7) is 0. The van der Waals surface area contributed by atoms with Crippen molar-refractivity contribution in [2.24, 2.45) is 0 Å². The summed E-state index contributed by atoms with van der Waals surface area (Å²) in [5.41, 5.74) is 1.99. The lowest BCUT2D eigenvalue weighted by atomic mass is 10.3. The minimum Gasteiger partial charge on any atom is -0.480 e. The Morgan fingerprint density at radius 1 is 1.03 bits per heavy atom. The van der Waals surface area contributed by atoms with Crippen molar-refractivity contribution in [3.63, 3.8) is 0 Å². The van der Waals surface area contributed by atoms with Gasteiger partial charge in [0.15, 0.2) is 17.2 Å². The quantitative estimate of drug-likeness (QED) is 0.451. The Hall–Kier alpha value is -4.27. The molecule has 1 aromatic carbocycles. The van der Waals surface area contributed by atoms with E-state index in [0.29, 0.717) is 40.1 Å². The number of methoxy groups -OCH3 is 1. The van der Waals surface area contributed by atoms with Crippen molar-refractivity contribution in [1.29, 1.82) is 0 Å². The van der Waals surface area contributed by atoms with Crippen LogP contribution in [0.4, 0.5) is 11.5 Å². The molecule has 0 atom stereocenters. The maximum Gasteiger partial charge on any atom is 0.289 e. The molecule has 0 amide bonds.